The first-order chi connectivity index (χ1) is 11.1. The highest BCUT2D eigenvalue weighted by Crippen LogP contribution is 2.23. The van der Waals surface area contributed by atoms with Crippen LogP contribution in [0.2, 0.25) is 0 Å². The molecule has 2 amide bonds. The standard InChI is InChI=1S/C17H16BrN3OS/c1-11(12-6-2-3-7-13(12)18)20-17(22)19-10-16-21-14-8-4-5-9-15(14)23-16/h2-9,11H,10H2,1H3,(H2,19,20,22). The summed E-state index contributed by atoms with van der Waals surface area (Å²) in [5.41, 5.74) is 2.01. The molecule has 0 bridgehead atoms. The van der Waals surface area contributed by atoms with E-state index in [1.807, 2.05) is 55.5 Å². The Morgan fingerprint density at radius 1 is 1.22 bits per heavy atom. The van der Waals surface area contributed by atoms with Crippen molar-refractivity contribution < 1.29 is 4.79 Å². The molecule has 3 aromatic rings. The van der Waals surface area contributed by atoms with Crippen LogP contribution in [0.15, 0.2) is 53.0 Å². The number of urea groups is 1. The van der Waals surface area contributed by atoms with Crippen LogP contribution in [0.5, 0.6) is 0 Å². The Morgan fingerprint density at radius 2 is 1.96 bits per heavy atom. The van der Waals surface area contributed by atoms with Crippen LogP contribution in [-0.2, 0) is 6.54 Å². The van der Waals surface area contributed by atoms with Crippen molar-refractivity contribution in [2.45, 2.75) is 19.5 Å². The van der Waals surface area contributed by atoms with Gasteiger partial charge in [-0.1, -0.05) is 46.3 Å². The number of fused-ring (bicyclic) bond motifs is 1. The third-order valence-corrected chi connectivity index (χ3v) is 5.22. The van der Waals surface area contributed by atoms with Gasteiger partial charge in [-0.15, -0.1) is 11.3 Å². The quantitative estimate of drug-likeness (QED) is 0.683. The lowest BCUT2D eigenvalue weighted by Crippen LogP contribution is -2.36. The van der Waals surface area contributed by atoms with Gasteiger partial charge in [0.1, 0.15) is 5.01 Å². The number of nitrogens with one attached hydrogen (secondary N) is 2. The van der Waals surface area contributed by atoms with Crippen LogP contribution in [0.1, 0.15) is 23.5 Å². The van der Waals surface area contributed by atoms with Crippen molar-refractivity contribution in [3.05, 3.63) is 63.6 Å². The monoisotopic (exact) mass is 389 g/mol. The summed E-state index contributed by atoms with van der Waals surface area (Å²) in [5.74, 6) is 0. The number of benzene rings is 2. The fourth-order valence-electron chi connectivity index (χ4n) is 2.30. The Bertz CT molecular complexity index is 800. The van der Waals surface area contributed by atoms with Gasteiger partial charge in [0.2, 0.25) is 0 Å². The summed E-state index contributed by atoms with van der Waals surface area (Å²) in [6, 6.07) is 15.5. The van der Waals surface area contributed by atoms with Crippen molar-refractivity contribution in [1.82, 2.24) is 15.6 Å². The normalized spacial score (nSPS) is 12.1. The van der Waals surface area contributed by atoms with Crippen molar-refractivity contribution in [2.75, 3.05) is 0 Å². The van der Waals surface area contributed by atoms with Gasteiger partial charge in [0.05, 0.1) is 22.8 Å². The molecule has 0 fully saturated rings. The van der Waals surface area contributed by atoms with E-state index in [-0.39, 0.29) is 12.1 Å². The number of hydrogen-bond donors (Lipinski definition) is 2. The zero-order chi connectivity index (χ0) is 16.2. The fraction of sp³-hybridized carbons (Fsp3) is 0.176. The number of hydrogen-bond acceptors (Lipinski definition) is 3. The summed E-state index contributed by atoms with van der Waals surface area (Å²) >= 11 is 5.10. The maximum atomic E-state index is 12.1. The van der Waals surface area contributed by atoms with Crippen molar-refractivity contribution in [1.29, 1.82) is 0 Å². The second kappa shape index (κ2) is 7.10. The van der Waals surface area contributed by atoms with E-state index >= 15 is 0 Å². The van der Waals surface area contributed by atoms with Crippen LogP contribution < -0.4 is 10.6 Å². The Hall–Kier alpha value is -1.92. The molecule has 118 valence electrons. The molecule has 0 aliphatic carbocycles. The molecule has 2 aromatic carbocycles. The first-order valence-corrected chi connectivity index (χ1v) is 8.87. The molecule has 3 rings (SSSR count). The van der Waals surface area contributed by atoms with E-state index in [9.17, 15) is 4.79 Å². The fourth-order valence-corrected chi connectivity index (χ4v) is 3.84. The van der Waals surface area contributed by atoms with Crippen molar-refractivity contribution >= 4 is 43.5 Å². The molecule has 1 aromatic heterocycles. The lowest BCUT2D eigenvalue weighted by atomic mass is 10.1. The van der Waals surface area contributed by atoms with Crippen LogP contribution in [0, 0.1) is 0 Å². The summed E-state index contributed by atoms with van der Waals surface area (Å²) in [7, 11) is 0. The molecule has 0 aliphatic rings. The highest BCUT2D eigenvalue weighted by molar-refractivity contribution is 9.10. The van der Waals surface area contributed by atoms with Crippen LogP contribution >= 0.6 is 27.3 Å². The highest BCUT2D eigenvalue weighted by atomic mass is 79.9. The average Bonchev–Trinajstić information content (AvgIpc) is 2.96. The number of rotatable bonds is 4. The molecule has 0 saturated heterocycles. The molecule has 1 unspecified atom stereocenters. The SMILES string of the molecule is CC(NC(=O)NCc1nc2ccccc2s1)c1ccccc1Br. The lowest BCUT2D eigenvalue weighted by Gasteiger charge is -2.16. The van der Waals surface area contributed by atoms with Gasteiger partial charge in [0, 0.05) is 4.47 Å². The summed E-state index contributed by atoms with van der Waals surface area (Å²) in [6.07, 6.45) is 0. The van der Waals surface area contributed by atoms with Gasteiger partial charge in [-0.05, 0) is 30.7 Å². The molecule has 1 heterocycles. The minimum absolute atomic E-state index is 0.0825. The summed E-state index contributed by atoms with van der Waals surface area (Å²) in [5, 5.41) is 6.70. The second-order valence-corrected chi connectivity index (χ2v) is 7.12. The maximum absolute atomic E-state index is 12.1. The molecular weight excluding hydrogens is 374 g/mol. The van der Waals surface area contributed by atoms with Gasteiger partial charge >= 0.3 is 6.03 Å². The topological polar surface area (TPSA) is 54.0 Å². The van der Waals surface area contributed by atoms with Crippen LogP contribution in [0.4, 0.5) is 4.79 Å². The van der Waals surface area contributed by atoms with E-state index in [0.717, 1.165) is 25.3 Å². The van der Waals surface area contributed by atoms with Crippen molar-refractivity contribution in [3.63, 3.8) is 0 Å². The minimum Gasteiger partial charge on any atom is -0.332 e. The molecule has 2 N–H and O–H groups in total. The molecule has 23 heavy (non-hydrogen) atoms. The predicted molar refractivity (Wildman–Crippen MR) is 97.5 cm³/mol. The molecule has 0 aliphatic heterocycles. The number of carbonyl (C=O) groups excluding carboxylic acids is 1. The van der Waals surface area contributed by atoms with E-state index in [1.54, 1.807) is 11.3 Å². The number of para-hydroxylation sites is 1. The molecule has 0 radical (unpaired) electrons. The van der Waals surface area contributed by atoms with E-state index in [1.165, 1.54) is 0 Å². The van der Waals surface area contributed by atoms with Crippen molar-refractivity contribution in [3.8, 4) is 0 Å². The highest BCUT2D eigenvalue weighted by Gasteiger charge is 2.12. The molecule has 0 saturated carbocycles. The maximum Gasteiger partial charge on any atom is 0.315 e. The first kappa shape index (κ1) is 16.0. The number of thiazole rings is 1. The second-order valence-electron chi connectivity index (χ2n) is 5.15. The zero-order valence-electron chi connectivity index (χ0n) is 12.5. The molecule has 6 heteroatoms. The van der Waals surface area contributed by atoms with E-state index < -0.39 is 0 Å². The van der Waals surface area contributed by atoms with Gasteiger partial charge in [0.15, 0.2) is 0 Å². The van der Waals surface area contributed by atoms with E-state index in [2.05, 4.69) is 31.5 Å². The molecule has 1 atom stereocenters. The molecule has 0 spiro atoms. The first-order valence-electron chi connectivity index (χ1n) is 7.27. The number of halogens is 1. The number of aromatic nitrogens is 1. The Labute approximate surface area is 147 Å². The van der Waals surface area contributed by atoms with E-state index in [4.69, 9.17) is 0 Å². The smallest absolute Gasteiger partial charge is 0.315 e. The molecular formula is C17H16BrN3OS. The van der Waals surface area contributed by atoms with Gasteiger partial charge in [-0.25, -0.2) is 9.78 Å². The van der Waals surface area contributed by atoms with Crippen LogP contribution in [-0.4, -0.2) is 11.0 Å². The summed E-state index contributed by atoms with van der Waals surface area (Å²) < 4.78 is 2.12. The Morgan fingerprint density at radius 3 is 2.74 bits per heavy atom. The molecule has 4 nitrogen and oxygen atoms in total. The van der Waals surface area contributed by atoms with Gasteiger partial charge < -0.3 is 10.6 Å². The number of carbonyl (C=O) groups is 1. The number of amides is 2. The van der Waals surface area contributed by atoms with Crippen LogP contribution in [0.3, 0.4) is 0 Å². The minimum atomic E-state index is -0.201. The van der Waals surface area contributed by atoms with E-state index in [0.29, 0.717) is 6.54 Å². The summed E-state index contributed by atoms with van der Waals surface area (Å²) in [4.78, 5) is 16.6. The third kappa shape index (κ3) is 3.89. The zero-order valence-corrected chi connectivity index (χ0v) is 14.9. The van der Waals surface area contributed by atoms with Gasteiger partial charge in [-0.2, -0.15) is 0 Å². The lowest BCUT2D eigenvalue weighted by molar-refractivity contribution is 0.237. The third-order valence-electron chi connectivity index (χ3n) is 3.46. The van der Waals surface area contributed by atoms with Crippen molar-refractivity contribution in [2.24, 2.45) is 0 Å². The average molecular weight is 390 g/mol. The van der Waals surface area contributed by atoms with Crippen LogP contribution in [0.25, 0.3) is 10.2 Å². The van der Waals surface area contributed by atoms with Gasteiger partial charge in [-0.3, -0.25) is 0 Å². The Kier molecular flexibility index (Phi) is 4.93. The Balaban J connectivity index is 1.58. The number of nitrogens with zero attached hydrogens (tertiary/aromatic N) is 1. The predicted octanol–water partition coefficient (Wildman–Crippen LogP) is 4.62. The summed E-state index contributed by atoms with van der Waals surface area (Å²) in [6.45, 7) is 2.38. The van der Waals surface area contributed by atoms with Gasteiger partial charge in [0.25, 0.3) is 0 Å². The largest absolute Gasteiger partial charge is 0.332 e.